The number of pyridine rings is 1. The van der Waals surface area contributed by atoms with E-state index in [1.807, 2.05) is 6.20 Å². The molecule has 3 rings (SSSR count). The van der Waals surface area contributed by atoms with E-state index in [2.05, 4.69) is 26.6 Å². The highest BCUT2D eigenvalue weighted by Gasteiger charge is 2.12. The Hall–Kier alpha value is -1.78. The van der Waals surface area contributed by atoms with Crippen molar-refractivity contribution < 1.29 is 0 Å². The maximum atomic E-state index is 4.31. The van der Waals surface area contributed by atoms with E-state index in [1.165, 1.54) is 17.5 Å². The fraction of sp³-hybridized carbons (Fsp3) is 0.333. The maximum Gasteiger partial charge on any atom is 0.157 e. The molecule has 1 aliphatic rings. The third kappa shape index (κ3) is 1.09. The molecule has 0 saturated carbocycles. The summed E-state index contributed by atoms with van der Waals surface area (Å²) in [5, 5.41) is 11.0. The minimum atomic E-state index is 0.802. The maximum absolute atomic E-state index is 4.31. The van der Waals surface area contributed by atoms with Gasteiger partial charge in [0.05, 0.1) is 0 Å². The van der Waals surface area contributed by atoms with Crippen LogP contribution in [0.15, 0.2) is 18.6 Å². The largest absolute Gasteiger partial charge is 0.237 e. The highest BCUT2D eigenvalue weighted by atomic mass is 15.5. The number of hydrogen-bond acceptors (Lipinski definition) is 4. The van der Waals surface area contributed by atoms with Crippen LogP contribution in [-0.2, 0) is 12.8 Å². The molecule has 0 aromatic carbocycles. The molecule has 0 fully saturated rings. The van der Waals surface area contributed by atoms with Crippen molar-refractivity contribution in [3.63, 3.8) is 0 Å². The Bertz CT molecular complexity index is 448. The SMILES string of the molecule is c1nc(-n2cnnn2)cc2c1CCC2. The standard InChI is InChI=1S/C9H9N5/c1-2-7-4-9(10-5-8(7)3-1)14-6-11-12-13-14/h4-6H,1-3H2. The zero-order chi connectivity index (χ0) is 9.38. The fourth-order valence-corrected chi connectivity index (χ4v) is 1.83. The van der Waals surface area contributed by atoms with Gasteiger partial charge in [-0.2, -0.15) is 4.68 Å². The molecule has 70 valence electrons. The lowest BCUT2D eigenvalue weighted by Gasteiger charge is -2.01. The first-order valence-electron chi connectivity index (χ1n) is 4.64. The number of hydrogen-bond donors (Lipinski definition) is 0. The van der Waals surface area contributed by atoms with E-state index in [0.29, 0.717) is 0 Å². The van der Waals surface area contributed by atoms with Crippen molar-refractivity contribution in [2.75, 3.05) is 0 Å². The van der Waals surface area contributed by atoms with E-state index in [0.717, 1.165) is 18.7 Å². The van der Waals surface area contributed by atoms with Gasteiger partial charge in [0.15, 0.2) is 5.82 Å². The van der Waals surface area contributed by atoms with Crippen LogP contribution >= 0.6 is 0 Å². The fourth-order valence-electron chi connectivity index (χ4n) is 1.83. The van der Waals surface area contributed by atoms with Gasteiger partial charge in [0, 0.05) is 6.20 Å². The lowest BCUT2D eigenvalue weighted by Crippen LogP contribution is -1.99. The van der Waals surface area contributed by atoms with Gasteiger partial charge in [0.25, 0.3) is 0 Å². The van der Waals surface area contributed by atoms with Crippen molar-refractivity contribution in [2.45, 2.75) is 19.3 Å². The third-order valence-corrected chi connectivity index (χ3v) is 2.54. The van der Waals surface area contributed by atoms with Gasteiger partial charge in [-0.3, -0.25) is 0 Å². The van der Waals surface area contributed by atoms with E-state index >= 15 is 0 Å². The number of rotatable bonds is 1. The summed E-state index contributed by atoms with van der Waals surface area (Å²) in [4.78, 5) is 4.31. The van der Waals surface area contributed by atoms with Gasteiger partial charge in [-0.25, -0.2) is 4.98 Å². The first-order chi connectivity index (χ1) is 6.93. The molecule has 0 amide bonds. The molecule has 0 saturated heterocycles. The van der Waals surface area contributed by atoms with Crippen molar-refractivity contribution in [3.05, 3.63) is 29.7 Å². The van der Waals surface area contributed by atoms with Crippen molar-refractivity contribution in [3.8, 4) is 5.82 Å². The summed E-state index contributed by atoms with van der Waals surface area (Å²) in [5.74, 6) is 0.802. The molecular formula is C9H9N5. The van der Waals surface area contributed by atoms with Gasteiger partial charge in [-0.15, -0.1) is 5.10 Å². The number of nitrogens with zero attached hydrogens (tertiary/aromatic N) is 5. The van der Waals surface area contributed by atoms with Crippen LogP contribution in [0.5, 0.6) is 0 Å². The van der Waals surface area contributed by atoms with Crippen molar-refractivity contribution in [1.29, 1.82) is 0 Å². The summed E-state index contributed by atoms with van der Waals surface area (Å²) >= 11 is 0. The Balaban J connectivity index is 2.09. The van der Waals surface area contributed by atoms with E-state index in [1.54, 1.807) is 11.0 Å². The van der Waals surface area contributed by atoms with Gasteiger partial charge >= 0.3 is 0 Å². The smallest absolute Gasteiger partial charge is 0.157 e. The molecule has 0 atom stereocenters. The van der Waals surface area contributed by atoms with Crippen LogP contribution in [0.4, 0.5) is 0 Å². The Morgan fingerprint density at radius 1 is 1.21 bits per heavy atom. The molecule has 5 nitrogen and oxygen atoms in total. The molecule has 0 bridgehead atoms. The van der Waals surface area contributed by atoms with E-state index < -0.39 is 0 Å². The second-order valence-corrected chi connectivity index (χ2v) is 3.42. The molecule has 0 aliphatic heterocycles. The molecular weight excluding hydrogens is 178 g/mol. The van der Waals surface area contributed by atoms with E-state index in [4.69, 9.17) is 0 Å². The molecule has 5 heteroatoms. The number of fused-ring (bicyclic) bond motifs is 1. The predicted octanol–water partition coefficient (Wildman–Crippen LogP) is 0.546. The quantitative estimate of drug-likeness (QED) is 0.654. The zero-order valence-electron chi connectivity index (χ0n) is 7.59. The average Bonchev–Trinajstić information content (AvgIpc) is 2.88. The first-order valence-corrected chi connectivity index (χ1v) is 4.64. The highest BCUT2D eigenvalue weighted by Crippen LogP contribution is 2.21. The molecule has 0 N–H and O–H groups in total. The first kappa shape index (κ1) is 7.61. The molecule has 0 unspecified atom stereocenters. The lowest BCUT2D eigenvalue weighted by molar-refractivity contribution is 0.769. The summed E-state index contributed by atoms with van der Waals surface area (Å²) in [5.41, 5.74) is 2.74. The summed E-state index contributed by atoms with van der Waals surface area (Å²) in [6.45, 7) is 0. The average molecular weight is 187 g/mol. The summed E-state index contributed by atoms with van der Waals surface area (Å²) in [6.07, 6.45) is 7.02. The molecule has 2 aromatic heterocycles. The second kappa shape index (κ2) is 2.87. The van der Waals surface area contributed by atoms with Gasteiger partial charge in [0.1, 0.15) is 6.33 Å². The van der Waals surface area contributed by atoms with Crippen LogP contribution in [0.1, 0.15) is 17.5 Å². The predicted molar refractivity (Wildman–Crippen MR) is 49.0 cm³/mol. The van der Waals surface area contributed by atoms with Gasteiger partial charge < -0.3 is 0 Å². The molecule has 1 aliphatic carbocycles. The van der Waals surface area contributed by atoms with Crippen molar-refractivity contribution >= 4 is 0 Å². The van der Waals surface area contributed by atoms with Crippen LogP contribution in [0, 0.1) is 0 Å². The Labute approximate surface area is 80.8 Å². The van der Waals surface area contributed by atoms with E-state index in [9.17, 15) is 0 Å². The zero-order valence-corrected chi connectivity index (χ0v) is 7.59. The Kier molecular flexibility index (Phi) is 1.56. The normalized spacial score (nSPS) is 14.3. The molecule has 2 heterocycles. The van der Waals surface area contributed by atoms with Crippen LogP contribution in [0.2, 0.25) is 0 Å². The highest BCUT2D eigenvalue weighted by molar-refractivity contribution is 5.35. The van der Waals surface area contributed by atoms with Gasteiger partial charge in [-0.1, -0.05) is 0 Å². The molecule has 14 heavy (non-hydrogen) atoms. The van der Waals surface area contributed by atoms with Crippen molar-refractivity contribution in [2.24, 2.45) is 0 Å². The van der Waals surface area contributed by atoms with E-state index in [-0.39, 0.29) is 0 Å². The lowest BCUT2D eigenvalue weighted by atomic mass is 10.2. The number of aromatic nitrogens is 5. The molecule has 0 spiro atoms. The monoisotopic (exact) mass is 187 g/mol. The summed E-state index contributed by atoms with van der Waals surface area (Å²) in [6, 6.07) is 2.07. The minimum Gasteiger partial charge on any atom is -0.237 e. The summed E-state index contributed by atoms with van der Waals surface area (Å²) < 4.78 is 1.58. The van der Waals surface area contributed by atoms with Crippen LogP contribution in [0.3, 0.4) is 0 Å². The van der Waals surface area contributed by atoms with Gasteiger partial charge in [0.2, 0.25) is 0 Å². The van der Waals surface area contributed by atoms with Crippen molar-refractivity contribution in [1.82, 2.24) is 25.2 Å². The number of aryl methyl sites for hydroxylation is 2. The topological polar surface area (TPSA) is 56.5 Å². The Morgan fingerprint density at radius 3 is 3.00 bits per heavy atom. The summed E-state index contributed by atoms with van der Waals surface area (Å²) in [7, 11) is 0. The molecule has 0 radical (unpaired) electrons. The van der Waals surface area contributed by atoms with Crippen LogP contribution in [-0.4, -0.2) is 25.2 Å². The van der Waals surface area contributed by atoms with Crippen LogP contribution in [0.25, 0.3) is 5.82 Å². The Morgan fingerprint density at radius 2 is 2.14 bits per heavy atom. The second-order valence-electron chi connectivity index (χ2n) is 3.42. The number of tetrazole rings is 1. The van der Waals surface area contributed by atoms with Gasteiger partial charge in [-0.05, 0) is 46.9 Å². The third-order valence-electron chi connectivity index (χ3n) is 2.54. The molecule has 2 aromatic rings. The minimum absolute atomic E-state index is 0.802. The van der Waals surface area contributed by atoms with Crippen LogP contribution < -0.4 is 0 Å².